The highest BCUT2D eigenvalue weighted by atomic mass is 32.2. The van der Waals surface area contributed by atoms with Crippen LogP contribution in [0.5, 0.6) is 0 Å². The van der Waals surface area contributed by atoms with Gasteiger partial charge in [0.15, 0.2) is 4.34 Å². The Morgan fingerprint density at radius 1 is 1.32 bits per heavy atom. The third-order valence-electron chi connectivity index (χ3n) is 2.63. The van der Waals surface area contributed by atoms with Gasteiger partial charge in [0, 0.05) is 17.7 Å². The number of non-ortho nitro benzene ring substituents is 1. The molecule has 0 fully saturated rings. The van der Waals surface area contributed by atoms with E-state index in [0.717, 1.165) is 9.35 Å². The second kappa shape index (κ2) is 6.20. The summed E-state index contributed by atoms with van der Waals surface area (Å²) in [5.74, 6) is 1.36. The maximum Gasteiger partial charge on any atom is 0.269 e. The van der Waals surface area contributed by atoms with Crippen molar-refractivity contribution >= 4 is 28.8 Å². The van der Waals surface area contributed by atoms with E-state index in [9.17, 15) is 10.1 Å². The summed E-state index contributed by atoms with van der Waals surface area (Å²) in [7, 11) is 0. The minimum atomic E-state index is -0.452. The number of aryl methyl sites for hydroxylation is 1. The van der Waals surface area contributed by atoms with Gasteiger partial charge in [-0.05, 0) is 19.1 Å². The molecular formula is C12H9N5O3S2. The molecule has 0 aliphatic rings. The van der Waals surface area contributed by atoms with Crippen molar-refractivity contribution in [1.82, 2.24) is 20.3 Å². The van der Waals surface area contributed by atoms with E-state index in [0.29, 0.717) is 23.0 Å². The molecule has 0 N–H and O–H groups in total. The summed E-state index contributed by atoms with van der Waals surface area (Å²) >= 11 is 2.97. The molecule has 2 heterocycles. The molecule has 0 bridgehead atoms. The van der Waals surface area contributed by atoms with Gasteiger partial charge >= 0.3 is 0 Å². The summed E-state index contributed by atoms with van der Waals surface area (Å²) in [5.41, 5.74) is 0.687. The summed E-state index contributed by atoms with van der Waals surface area (Å²) in [5, 5.41) is 23.3. The van der Waals surface area contributed by atoms with Crippen molar-refractivity contribution in [2.24, 2.45) is 0 Å². The van der Waals surface area contributed by atoms with E-state index >= 15 is 0 Å². The maximum atomic E-state index is 10.6. The Bertz CT molecular complexity index is 799. The van der Waals surface area contributed by atoms with Crippen LogP contribution in [0, 0.1) is 17.0 Å². The third-order valence-corrected chi connectivity index (χ3v) is 4.59. The van der Waals surface area contributed by atoms with E-state index in [2.05, 4.69) is 20.3 Å². The molecule has 112 valence electrons. The van der Waals surface area contributed by atoms with Crippen LogP contribution in [0.25, 0.3) is 11.4 Å². The van der Waals surface area contributed by atoms with Crippen LogP contribution in [0.3, 0.4) is 0 Å². The minimum Gasteiger partial charge on any atom is -0.338 e. The first kappa shape index (κ1) is 14.6. The molecule has 0 aliphatic heterocycles. The largest absolute Gasteiger partial charge is 0.338 e. The number of nitro benzene ring substituents is 1. The minimum absolute atomic E-state index is 0.0228. The Hall–Kier alpha value is -2.33. The van der Waals surface area contributed by atoms with Gasteiger partial charge in [-0.3, -0.25) is 10.1 Å². The zero-order valence-corrected chi connectivity index (χ0v) is 12.9. The number of nitrogens with zero attached hydrogens (tertiary/aromatic N) is 5. The van der Waals surface area contributed by atoms with E-state index in [1.165, 1.54) is 35.2 Å². The van der Waals surface area contributed by atoms with Gasteiger partial charge in [-0.2, -0.15) is 4.98 Å². The van der Waals surface area contributed by atoms with Crippen molar-refractivity contribution in [2.75, 3.05) is 0 Å². The molecule has 3 aromatic rings. The van der Waals surface area contributed by atoms with E-state index in [-0.39, 0.29) is 5.69 Å². The van der Waals surface area contributed by atoms with Crippen LogP contribution in [0.2, 0.25) is 0 Å². The van der Waals surface area contributed by atoms with E-state index < -0.39 is 4.92 Å². The third kappa shape index (κ3) is 3.28. The van der Waals surface area contributed by atoms with E-state index in [4.69, 9.17) is 4.52 Å². The topological polar surface area (TPSA) is 108 Å². The lowest BCUT2D eigenvalue weighted by Gasteiger charge is -1.93. The molecular weight excluding hydrogens is 326 g/mol. The fraction of sp³-hybridized carbons (Fsp3) is 0.167. The predicted molar refractivity (Wildman–Crippen MR) is 80.6 cm³/mol. The van der Waals surface area contributed by atoms with Gasteiger partial charge in [-0.1, -0.05) is 28.3 Å². The van der Waals surface area contributed by atoms with Crippen molar-refractivity contribution in [3.8, 4) is 11.4 Å². The number of hydrogen-bond donors (Lipinski definition) is 0. The number of thioether (sulfide) groups is 1. The van der Waals surface area contributed by atoms with Gasteiger partial charge in [0.2, 0.25) is 11.7 Å². The summed E-state index contributed by atoms with van der Waals surface area (Å²) in [6.45, 7) is 1.89. The lowest BCUT2D eigenvalue weighted by molar-refractivity contribution is -0.384. The van der Waals surface area contributed by atoms with Crippen LogP contribution < -0.4 is 0 Å². The summed E-state index contributed by atoms with van der Waals surface area (Å²) in [4.78, 5) is 14.4. The average Bonchev–Trinajstić information content (AvgIpc) is 3.14. The number of rotatable bonds is 5. The van der Waals surface area contributed by atoms with Crippen LogP contribution in [-0.4, -0.2) is 25.3 Å². The van der Waals surface area contributed by atoms with Crippen molar-refractivity contribution in [1.29, 1.82) is 0 Å². The predicted octanol–water partition coefficient (Wildman–Crippen LogP) is 3.10. The second-order valence-electron chi connectivity index (χ2n) is 4.19. The highest BCUT2D eigenvalue weighted by Crippen LogP contribution is 2.26. The lowest BCUT2D eigenvalue weighted by Crippen LogP contribution is -1.88. The number of hydrogen-bond acceptors (Lipinski definition) is 9. The Kier molecular flexibility index (Phi) is 4.11. The number of benzene rings is 1. The summed E-state index contributed by atoms with van der Waals surface area (Å²) in [6, 6.07) is 6.00. The SMILES string of the molecule is Cc1nnc(SCc2nc(-c3ccc([N+](=O)[O-])cc3)no2)s1. The molecule has 22 heavy (non-hydrogen) atoms. The highest BCUT2D eigenvalue weighted by Gasteiger charge is 2.12. The van der Waals surface area contributed by atoms with Gasteiger partial charge in [0.25, 0.3) is 5.69 Å². The van der Waals surface area contributed by atoms with Crippen LogP contribution in [0.4, 0.5) is 5.69 Å². The van der Waals surface area contributed by atoms with Gasteiger partial charge in [-0.15, -0.1) is 10.2 Å². The van der Waals surface area contributed by atoms with Gasteiger partial charge in [-0.25, -0.2) is 0 Å². The number of aromatic nitrogens is 4. The zero-order valence-electron chi connectivity index (χ0n) is 11.3. The van der Waals surface area contributed by atoms with Crippen LogP contribution in [0.15, 0.2) is 33.1 Å². The van der Waals surface area contributed by atoms with Crippen LogP contribution >= 0.6 is 23.1 Å². The van der Waals surface area contributed by atoms with Gasteiger partial charge in [0.05, 0.1) is 10.7 Å². The van der Waals surface area contributed by atoms with Gasteiger partial charge < -0.3 is 4.52 Å². The Morgan fingerprint density at radius 3 is 2.73 bits per heavy atom. The molecule has 0 amide bonds. The smallest absolute Gasteiger partial charge is 0.269 e. The fourth-order valence-electron chi connectivity index (χ4n) is 1.62. The standard InChI is InChI=1S/C12H9N5O3S2/c1-7-14-15-12(22-7)21-6-10-13-11(16-20-10)8-2-4-9(5-3-8)17(18)19/h2-5H,6H2,1H3. The first-order valence-corrected chi connectivity index (χ1v) is 7.92. The molecule has 0 unspecified atom stereocenters. The van der Waals surface area contributed by atoms with Gasteiger partial charge in [0.1, 0.15) is 5.01 Å². The monoisotopic (exact) mass is 335 g/mol. The fourth-order valence-corrected chi connectivity index (χ4v) is 3.28. The van der Waals surface area contributed by atoms with Crippen molar-refractivity contribution < 1.29 is 9.45 Å². The molecule has 10 heteroatoms. The Labute approximate surface area is 132 Å². The Balaban J connectivity index is 1.69. The first-order valence-electron chi connectivity index (χ1n) is 6.12. The lowest BCUT2D eigenvalue weighted by atomic mass is 10.2. The van der Waals surface area contributed by atoms with E-state index in [1.54, 1.807) is 12.1 Å². The molecule has 0 saturated carbocycles. The Morgan fingerprint density at radius 2 is 2.09 bits per heavy atom. The quantitative estimate of drug-likeness (QED) is 0.397. The molecule has 0 saturated heterocycles. The molecule has 0 spiro atoms. The summed E-state index contributed by atoms with van der Waals surface area (Å²) in [6.07, 6.45) is 0. The summed E-state index contributed by atoms with van der Waals surface area (Å²) < 4.78 is 6.01. The molecule has 0 atom stereocenters. The molecule has 1 aromatic carbocycles. The van der Waals surface area contributed by atoms with Crippen molar-refractivity contribution in [3.05, 3.63) is 45.3 Å². The zero-order chi connectivity index (χ0) is 15.5. The number of nitro groups is 1. The van der Waals surface area contributed by atoms with Crippen molar-refractivity contribution in [2.45, 2.75) is 17.0 Å². The van der Waals surface area contributed by atoms with Crippen LogP contribution in [0.1, 0.15) is 10.9 Å². The average molecular weight is 335 g/mol. The van der Waals surface area contributed by atoms with Crippen LogP contribution in [-0.2, 0) is 5.75 Å². The second-order valence-corrected chi connectivity index (χ2v) is 6.60. The van der Waals surface area contributed by atoms with Crippen molar-refractivity contribution in [3.63, 3.8) is 0 Å². The first-order chi connectivity index (χ1) is 10.6. The highest BCUT2D eigenvalue weighted by molar-refractivity contribution is 8.00. The molecule has 0 radical (unpaired) electrons. The molecule has 8 nitrogen and oxygen atoms in total. The molecule has 3 rings (SSSR count). The van der Waals surface area contributed by atoms with E-state index in [1.807, 2.05) is 6.92 Å². The normalized spacial score (nSPS) is 10.8. The molecule has 2 aromatic heterocycles. The molecule has 0 aliphatic carbocycles. The maximum absolute atomic E-state index is 10.6.